The van der Waals surface area contributed by atoms with Gasteiger partial charge < -0.3 is 14.5 Å². The van der Waals surface area contributed by atoms with Gasteiger partial charge in [0.25, 0.3) is 5.91 Å². The average Bonchev–Trinajstić information content (AvgIpc) is 2.54. The lowest BCUT2D eigenvalue weighted by Gasteiger charge is -2.36. The molecule has 2 aliphatic heterocycles. The molecule has 1 amide bonds. The molecule has 0 spiro atoms. The molecule has 0 radical (unpaired) electrons. The molecule has 1 aromatic rings. The quantitative estimate of drug-likeness (QED) is 0.832. The largest absolute Gasteiger partial charge is 0.372 e. The molecular formula is C16H23N3O2S. The van der Waals surface area contributed by atoms with Gasteiger partial charge >= 0.3 is 0 Å². The molecule has 0 saturated carbocycles. The van der Waals surface area contributed by atoms with Crippen LogP contribution in [0.25, 0.3) is 0 Å². The lowest BCUT2D eigenvalue weighted by Crippen LogP contribution is -2.45. The lowest BCUT2D eigenvalue weighted by molar-refractivity contribution is -0.00546. The van der Waals surface area contributed by atoms with Gasteiger partial charge in [0, 0.05) is 43.9 Å². The van der Waals surface area contributed by atoms with Crippen LogP contribution in [-0.2, 0) is 4.74 Å². The first-order chi connectivity index (χ1) is 10.6. The molecule has 1 aromatic heterocycles. The average molecular weight is 321 g/mol. The highest BCUT2D eigenvalue weighted by atomic mass is 32.2. The molecule has 2 atom stereocenters. The summed E-state index contributed by atoms with van der Waals surface area (Å²) in [5.41, 5.74) is 0.685. The Balaban J connectivity index is 1.68. The molecular weight excluding hydrogens is 298 g/mol. The lowest BCUT2D eigenvalue weighted by atomic mass is 10.2. The molecule has 0 unspecified atom stereocenters. The highest BCUT2D eigenvalue weighted by molar-refractivity contribution is 7.99. The Morgan fingerprint density at radius 1 is 1.23 bits per heavy atom. The van der Waals surface area contributed by atoms with Crippen molar-refractivity contribution in [3.63, 3.8) is 0 Å². The maximum absolute atomic E-state index is 12.4. The Bertz CT molecular complexity index is 507. The van der Waals surface area contributed by atoms with Crippen LogP contribution in [0, 0.1) is 0 Å². The topological polar surface area (TPSA) is 45.7 Å². The number of rotatable bonds is 2. The van der Waals surface area contributed by atoms with Crippen LogP contribution in [0.15, 0.2) is 18.3 Å². The van der Waals surface area contributed by atoms with E-state index in [-0.39, 0.29) is 18.1 Å². The normalized spacial score (nSPS) is 26.1. The minimum atomic E-state index is 0.100. The first-order valence-electron chi connectivity index (χ1n) is 7.87. The third-order valence-electron chi connectivity index (χ3n) is 4.04. The number of thioether (sulfide) groups is 1. The van der Waals surface area contributed by atoms with E-state index in [2.05, 4.69) is 23.7 Å². The zero-order valence-corrected chi connectivity index (χ0v) is 14.0. The summed E-state index contributed by atoms with van der Waals surface area (Å²) in [5, 5.41) is 0. The van der Waals surface area contributed by atoms with Crippen LogP contribution in [0.1, 0.15) is 24.2 Å². The van der Waals surface area contributed by atoms with E-state index < -0.39 is 0 Å². The van der Waals surface area contributed by atoms with Gasteiger partial charge in [0.1, 0.15) is 5.82 Å². The van der Waals surface area contributed by atoms with Crippen molar-refractivity contribution in [2.24, 2.45) is 0 Å². The van der Waals surface area contributed by atoms with Crippen molar-refractivity contribution in [3.8, 4) is 0 Å². The van der Waals surface area contributed by atoms with E-state index >= 15 is 0 Å². The summed E-state index contributed by atoms with van der Waals surface area (Å²) in [6.07, 6.45) is 2.12. The summed E-state index contributed by atoms with van der Waals surface area (Å²) < 4.78 is 5.75. The number of ether oxygens (including phenoxy) is 1. The maximum atomic E-state index is 12.4. The van der Waals surface area contributed by atoms with Crippen molar-refractivity contribution in [2.45, 2.75) is 26.1 Å². The van der Waals surface area contributed by atoms with E-state index in [0.29, 0.717) is 5.56 Å². The van der Waals surface area contributed by atoms with Gasteiger partial charge in [-0.1, -0.05) is 0 Å². The monoisotopic (exact) mass is 321 g/mol. The minimum Gasteiger partial charge on any atom is -0.372 e. The molecule has 2 saturated heterocycles. The molecule has 120 valence electrons. The Morgan fingerprint density at radius 3 is 2.50 bits per heavy atom. The second-order valence-corrected chi connectivity index (χ2v) is 7.20. The number of hydrogen-bond donors (Lipinski definition) is 0. The highest BCUT2D eigenvalue weighted by Crippen LogP contribution is 2.19. The Kier molecular flexibility index (Phi) is 4.88. The summed E-state index contributed by atoms with van der Waals surface area (Å²) in [6.45, 7) is 7.51. The van der Waals surface area contributed by atoms with Gasteiger partial charge in [-0.2, -0.15) is 11.8 Å². The van der Waals surface area contributed by atoms with Crippen molar-refractivity contribution < 1.29 is 9.53 Å². The van der Waals surface area contributed by atoms with E-state index in [1.54, 1.807) is 6.20 Å². The van der Waals surface area contributed by atoms with Crippen LogP contribution >= 0.6 is 11.8 Å². The minimum absolute atomic E-state index is 0.100. The van der Waals surface area contributed by atoms with Crippen molar-refractivity contribution >= 4 is 23.5 Å². The van der Waals surface area contributed by atoms with E-state index in [0.717, 1.165) is 43.5 Å². The standard InChI is InChI=1S/C16H23N3O2S/c1-12-10-19(11-13(2)21-12)15-4-3-14(9-17-15)16(20)18-5-7-22-8-6-18/h3-4,9,12-13H,5-8,10-11H2,1-2H3/t12-,13-/m1/s1. The van der Waals surface area contributed by atoms with Crippen LogP contribution in [0.3, 0.4) is 0 Å². The number of anilines is 1. The summed E-state index contributed by atoms with van der Waals surface area (Å²) in [7, 11) is 0. The predicted octanol–water partition coefficient (Wildman–Crippen LogP) is 1.88. The third-order valence-corrected chi connectivity index (χ3v) is 4.98. The fourth-order valence-corrected chi connectivity index (χ4v) is 3.92. The molecule has 0 aliphatic carbocycles. The fourth-order valence-electron chi connectivity index (χ4n) is 3.01. The van der Waals surface area contributed by atoms with E-state index in [1.807, 2.05) is 28.8 Å². The molecule has 2 aliphatic rings. The van der Waals surface area contributed by atoms with E-state index in [4.69, 9.17) is 4.74 Å². The number of carbonyl (C=O) groups is 1. The number of pyridine rings is 1. The van der Waals surface area contributed by atoms with Crippen LogP contribution < -0.4 is 4.90 Å². The van der Waals surface area contributed by atoms with Gasteiger partial charge in [-0.25, -0.2) is 4.98 Å². The first-order valence-corrected chi connectivity index (χ1v) is 9.02. The molecule has 0 N–H and O–H groups in total. The highest BCUT2D eigenvalue weighted by Gasteiger charge is 2.24. The third kappa shape index (κ3) is 3.55. The summed E-state index contributed by atoms with van der Waals surface area (Å²) in [5.74, 6) is 3.08. The fraction of sp³-hybridized carbons (Fsp3) is 0.625. The number of aromatic nitrogens is 1. The van der Waals surface area contributed by atoms with Crippen molar-refractivity contribution in [1.82, 2.24) is 9.88 Å². The van der Waals surface area contributed by atoms with Gasteiger partial charge in [0.2, 0.25) is 0 Å². The molecule has 5 nitrogen and oxygen atoms in total. The Labute approximate surface area is 136 Å². The van der Waals surface area contributed by atoms with E-state index in [9.17, 15) is 4.79 Å². The maximum Gasteiger partial charge on any atom is 0.255 e. The number of nitrogens with zero attached hydrogens (tertiary/aromatic N) is 3. The molecule has 3 heterocycles. The second kappa shape index (κ2) is 6.87. The van der Waals surface area contributed by atoms with Crippen LogP contribution in [0.2, 0.25) is 0 Å². The van der Waals surface area contributed by atoms with Gasteiger partial charge in [0.05, 0.1) is 17.8 Å². The summed E-state index contributed by atoms with van der Waals surface area (Å²) in [6, 6.07) is 3.86. The zero-order chi connectivity index (χ0) is 15.5. The van der Waals surface area contributed by atoms with Crippen molar-refractivity contribution in [3.05, 3.63) is 23.9 Å². The van der Waals surface area contributed by atoms with Gasteiger partial charge in [0.15, 0.2) is 0 Å². The van der Waals surface area contributed by atoms with Crippen LogP contribution in [0.4, 0.5) is 5.82 Å². The SMILES string of the molecule is C[C@@H]1CN(c2ccc(C(=O)N3CCSCC3)cn2)C[C@@H](C)O1. The Hall–Kier alpha value is -1.27. The smallest absolute Gasteiger partial charge is 0.255 e. The molecule has 0 aromatic carbocycles. The molecule has 0 bridgehead atoms. The summed E-state index contributed by atoms with van der Waals surface area (Å²) >= 11 is 1.90. The second-order valence-electron chi connectivity index (χ2n) is 5.97. The van der Waals surface area contributed by atoms with E-state index in [1.165, 1.54) is 0 Å². The zero-order valence-electron chi connectivity index (χ0n) is 13.2. The van der Waals surface area contributed by atoms with Crippen molar-refractivity contribution in [1.29, 1.82) is 0 Å². The molecule has 2 fully saturated rings. The van der Waals surface area contributed by atoms with Gasteiger partial charge in [-0.3, -0.25) is 4.79 Å². The number of hydrogen-bond acceptors (Lipinski definition) is 5. The number of amides is 1. The van der Waals surface area contributed by atoms with Gasteiger partial charge in [-0.15, -0.1) is 0 Å². The Morgan fingerprint density at radius 2 is 1.91 bits per heavy atom. The predicted molar refractivity (Wildman–Crippen MR) is 89.7 cm³/mol. The molecule has 22 heavy (non-hydrogen) atoms. The number of morpholine rings is 1. The molecule has 3 rings (SSSR count). The van der Waals surface area contributed by atoms with Crippen molar-refractivity contribution in [2.75, 3.05) is 42.6 Å². The first kappa shape index (κ1) is 15.6. The van der Waals surface area contributed by atoms with Crippen LogP contribution in [-0.4, -0.2) is 65.7 Å². The van der Waals surface area contributed by atoms with Gasteiger partial charge in [-0.05, 0) is 26.0 Å². The number of carbonyl (C=O) groups excluding carboxylic acids is 1. The summed E-state index contributed by atoms with van der Waals surface area (Å²) in [4.78, 5) is 21.1. The van der Waals surface area contributed by atoms with Crippen LogP contribution in [0.5, 0.6) is 0 Å². The molecule has 6 heteroatoms.